The van der Waals surface area contributed by atoms with Crippen LogP contribution in [-0.2, 0) is 22.0 Å². The van der Waals surface area contributed by atoms with Crippen LogP contribution in [0.25, 0.3) is 0 Å². The Hall–Kier alpha value is -2.20. The predicted molar refractivity (Wildman–Crippen MR) is 96.7 cm³/mol. The molecule has 1 saturated heterocycles. The number of nitrogens with zero attached hydrogens (tertiary/aromatic N) is 3. The Balaban J connectivity index is 1.76. The van der Waals surface area contributed by atoms with Gasteiger partial charge in [-0.15, -0.1) is 0 Å². The highest BCUT2D eigenvalue weighted by Gasteiger charge is 2.36. The van der Waals surface area contributed by atoms with Crippen LogP contribution < -0.4 is 4.90 Å². The van der Waals surface area contributed by atoms with E-state index in [1.807, 2.05) is 0 Å². The van der Waals surface area contributed by atoms with Crippen LogP contribution in [0.3, 0.4) is 0 Å². The number of hydrogen-bond donors (Lipinski definition) is 0. The summed E-state index contributed by atoms with van der Waals surface area (Å²) in [4.78, 5) is 5.31. The number of rotatable bonds is 4. The van der Waals surface area contributed by atoms with Gasteiger partial charge in [-0.25, -0.2) is 17.8 Å². The van der Waals surface area contributed by atoms with E-state index in [1.54, 1.807) is 6.07 Å². The second-order valence-electron chi connectivity index (χ2n) is 6.46. The first kappa shape index (κ1) is 20.5. The van der Waals surface area contributed by atoms with Crippen molar-refractivity contribution in [3.63, 3.8) is 0 Å². The summed E-state index contributed by atoms with van der Waals surface area (Å²) in [6, 6.07) is 7.79. The standard InChI is InChI=1S/C18H19F4N3O2S/c19-16-7-2-1-5-14(16)13-28(26,27)25-10-4-9-24(11-12-25)17-15(18(20,21)22)6-3-8-23-17/h1-3,5-8H,4,9-13H2. The van der Waals surface area contributed by atoms with Crippen molar-refractivity contribution in [3.05, 3.63) is 59.5 Å². The Morgan fingerprint density at radius 1 is 1.00 bits per heavy atom. The van der Waals surface area contributed by atoms with Gasteiger partial charge in [0, 0.05) is 37.9 Å². The zero-order valence-electron chi connectivity index (χ0n) is 14.9. The first-order valence-corrected chi connectivity index (χ1v) is 10.3. The third-order valence-electron chi connectivity index (χ3n) is 4.54. The molecule has 0 atom stereocenters. The molecule has 2 heterocycles. The summed E-state index contributed by atoms with van der Waals surface area (Å²) >= 11 is 0. The number of alkyl halides is 3. The van der Waals surface area contributed by atoms with Gasteiger partial charge in [0.1, 0.15) is 11.6 Å². The molecule has 0 unspecified atom stereocenters. The topological polar surface area (TPSA) is 53.5 Å². The molecule has 0 bridgehead atoms. The molecule has 0 N–H and O–H groups in total. The van der Waals surface area contributed by atoms with Gasteiger partial charge in [-0.2, -0.15) is 17.5 Å². The molecular formula is C18H19F4N3O2S. The number of hydrogen-bond acceptors (Lipinski definition) is 4. The molecule has 152 valence electrons. The molecule has 0 aliphatic carbocycles. The van der Waals surface area contributed by atoms with E-state index < -0.39 is 33.3 Å². The second-order valence-corrected chi connectivity index (χ2v) is 8.43. The summed E-state index contributed by atoms with van der Waals surface area (Å²) in [6.07, 6.45) is -2.93. The molecule has 1 aliphatic rings. The summed E-state index contributed by atoms with van der Waals surface area (Å²) in [6.45, 7) is 0.467. The Morgan fingerprint density at radius 3 is 2.46 bits per heavy atom. The van der Waals surface area contributed by atoms with Gasteiger partial charge in [-0.05, 0) is 24.6 Å². The normalized spacial score (nSPS) is 16.8. The molecule has 28 heavy (non-hydrogen) atoms. The molecular weight excluding hydrogens is 398 g/mol. The quantitative estimate of drug-likeness (QED) is 0.717. The maximum absolute atomic E-state index is 13.8. The molecule has 1 fully saturated rings. The summed E-state index contributed by atoms with van der Waals surface area (Å²) in [5.74, 6) is -1.30. The van der Waals surface area contributed by atoms with Crippen LogP contribution in [0.4, 0.5) is 23.4 Å². The van der Waals surface area contributed by atoms with Crippen molar-refractivity contribution >= 4 is 15.8 Å². The largest absolute Gasteiger partial charge is 0.419 e. The average molecular weight is 417 g/mol. The van der Waals surface area contributed by atoms with Gasteiger partial charge in [0.2, 0.25) is 10.0 Å². The van der Waals surface area contributed by atoms with E-state index in [-0.39, 0.29) is 37.6 Å². The van der Waals surface area contributed by atoms with Crippen LogP contribution in [0.5, 0.6) is 0 Å². The number of halogens is 4. The molecule has 2 aromatic rings. The monoisotopic (exact) mass is 417 g/mol. The molecule has 10 heteroatoms. The Labute approximate surface area is 160 Å². The smallest absolute Gasteiger partial charge is 0.355 e. The van der Waals surface area contributed by atoms with Crippen LogP contribution in [0.2, 0.25) is 0 Å². The minimum Gasteiger partial charge on any atom is -0.355 e. The molecule has 3 rings (SSSR count). The van der Waals surface area contributed by atoms with E-state index in [0.29, 0.717) is 6.42 Å². The van der Waals surface area contributed by atoms with Crippen molar-refractivity contribution < 1.29 is 26.0 Å². The lowest BCUT2D eigenvalue weighted by Crippen LogP contribution is -2.36. The van der Waals surface area contributed by atoms with Crippen LogP contribution >= 0.6 is 0 Å². The Kier molecular flexibility index (Phi) is 5.90. The number of pyridine rings is 1. The maximum Gasteiger partial charge on any atom is 0.419 e. The lowest BCUT2D eigenvalue weighted by molar-refractivity contribution is -0.137. The number of sulfonamides is 1. The van der Waals surface area contributed by atoms with Crippen molar-refractivity contribution in [2.45, 2.75) is 18.3 Å². The summed E-state index contributed by atoms with van der Waals surface area (Å²) in [5, 5.41) is 0. The molecule has 1 aliphatic heterocycles. The SMILES string of the molecule is O=S(=O)(Cc1ccccc1F)N1CCCN(c2ncccc2C(F)(F)F)CC1. The molecule has 0 radical (unpaired) electrons. The van der Waals surface area contributed by atoms with Crippen molar-refractivity contribution in [2.24, 2.45) is 0 Å². The van der Waals surface area contributed by atoms with Crippen LogP contribution in [0, 0.1) is 5.82 Å². The van der Waals surface area contributed by atoms with Gasteiger partial charge in [0.15, 0.2) is 0 Å². The molecule has 1 aromatic carbocycles. The van der Waals surface area contributed by atoms with E-state index in [4.69, 9.17) is 0 Å². The van der Waals surface area contributed by atoms with E-state index >= 15 is 0 Å². The van der Waals surface area contributed by atoms with Crippen LogP contribution in [-0.4, -0.2) is 43.9 Å². The van der Waals surface area contributed by atoms with Gasteiger partial charge >= 0.3 is 6.18 Å². The molecule has 0 saturated carbocycles. The maximum atomic E-state index is 13.8. The predicted octanol–water partition coefficient (Wildman–Crippen LogP) is 3.28. The highest BCUT2D eigenvalue weighted by atomic mass is 32.2. The zero-order valence-corrected chi connectivity index (χ0v) is 15.7. The van der Waals surface area contributed by atoms with Gasteiger partial charge in [-0.1, -0.05) is 18.2 Å². The van der Waals surface area contributed by atoms with Crippen LogP contribution in [0.1, 0.15) is 17.5 Å². The minimum absolute atomic E-state index is 0.00462. The van der Waals surface area contributed by atoms with E-state index in [9.17, 15) is 26.0 Å². The fraction of sp³-hybridized carbons (Fsp3) is 0.389. The number of anilines is 1. The highest BCUT2D eigenvalue weighted by molar-refractivity contribution is 7.88. The van der Waals surface area contributed by atoms with Crippen LogP contribution in [0.15, 0.2) is 42.6 Å². The van der Waals surface area contributed by atoms with E-state index in [2.05, 4.69) is 4.98 Å². The van der Waals surface area contributed by atoms with Gasteiger partial charge in [-0.3, -0.25) is 0 Å². The van der Waals surface area contributed by atoms with E-state index in [1.165, 1.54) is 39.7 Å². The molecule has 1 aromatic heterocycles. The van der Waals surface area contributed by atoms with E-state index in [0.717, 1.165) is 6.07 Å². The van der Waals surface area contributed by atoms with Crippen molar-refractivity contribution in [1.29, 1.82) is 0 Å². The van der Waals surface area contributed by atoms with Crippen molar-refractivity contribution in [3.8, 4) is 0 Å². The lowest BCUT2D eigenvalue weighted by atomic mass is 10.2. The van der Waals surface area contributed by atoms with Crippen molar-refractivity contribution in [2.75, 3.05) is 31.1 Å². The summed E-state index contributed by atoms with van der Waals surface area (Å²) < 4.78 is 80.1. The Bertz CT molecular complexity index is 934. The minimum atomic E-state index is -4.55. The fourth-order valence-corrected chi connectivity index (χ4v) is 4.73. The Morgan fingerprint density at radius 2 is 1.75 bits per heavy atom. The van der Waals surface area contributed by atoms with Gasteiger partial charge in [0.25, 0.3) is 0 Å². The van der Waals surface area contributed by atoms with Crippen molar-refractivity contribution in [1.82, 2.24) is 9.29 Å². The number of benzene rings is 1. The third-order valence-corrected chi connectivity index (χ3v) is 6.36. The first-order chi connectivity index (χ1) is 13.2. The fourth-order valence-electron chi connectivity index (χ4n) is 3.16. The number of aromatic nitrogens is 1. The molecule has 0 amide bonds. The third kappa shape index (κ3) is 4.61. The average Bonchev–Trinajstić information content (AvgIpc) is 2.90. The zero-order chi connectivity index (χ0) is 20.4. The summed E-state index contributed by atoms with van der Waals surface area (Å²) in [5.41, 5.74) is -0.787. The highest BCUT2D eigenvalue weighted by Crippen LogP contribution is 2.35. The second kappa shape index (κ2) is 8.04. The first-order valence-electron chi connectivity index (χ1n) is 8.67. The lowest BCUT2D eigenvalue weighted by Gasteiger charge is -2.25. The van der Waals surface area contributed by atoms with Gasteiger partial charge < -0.3 is 4.90 Å². The van der Waals surface area contributed by atoms with Gasteiger partial charge in [0.05, 0.1) is 11.3 Å². The molecule has 0 spiro atoms. The summed E-state index contributed by atoms with van der Waals surface area (Å²) in [7, 11) is -3.80. The molecule has 5 nitrogen and oxygen atoms in total.